The van der Waals surface area contributed by atoms with Crippen molar-refractivity contribution in [2.75, 3.05) is 5.73 Å². The fourth-order valence-corrected chi connectivity index (χ4v) is 2.79. The number of anilines is 1. The fraction of sp³-hybridized carbons (Fsp3) is 0.154. The highest BCUT2D eigenvalue weighted by atomic mass is 35.5. The Bertz CT molecular complexity index is 715. The van der Waals surface area contributed by atoms with Gasteiger partial charge in [-0.25, -0.2) is 0 Å². The van der Waals surface area contributed by atoms with Crippen LogP contribution in [0.2, 0.25) is 5.02 Å². The number of benzene rings is 1. The molecular weight excluding hydrogens is 314 g/mol. The van der Waals surface area contributed by atoms with Crippen molar-refractivity contribution < 1.29 is 9.72 Å². The topological polar surface area (TPSA) is 98.3 Å². The third-order valence-electron chi connectivity index (χ3n) is 2.94. The summed E-state index contributed by atoms with van der Waals surface area (Å²) in [5, 5.41) is 15.5. The van der Waals surface area contributed by atoms with Crippen molar-refractivity contribution >= 4 is 40.2 Å². The molecule has 1 aromatic carbocycles. The van der Waals surface area contributed by atoms with Gasteiger partial charge in [0.1, 0.15) is 5.69 Å². The Morgan fingerprint density at radius 2 is 2.24 bits per heavy atom. The van der Waals surface area contributed by atoms with Crippen molar-refractivity contribution in [2.24, 2.45) is 0 Å². The number of amides is 1. The van der Waals surface area contributed by atoms with Crippen LogP contribution in [0.5, 0.6) is 0 Å². The maximum absolute atomic E-state index is 12.1. The molecule has 6 nitrogen and oxygen atoms in total. The first-order chi connectivity index (χ1) is 9.90. The zero-order valence-corrected chi connectivity index (χ0v) is 12.6. The van der Waals surface area contributed by atoms with Crippen LogP contribution in [-0.2, 0) is 6.54 Å². The maximum Gasteiger partial charge on any atom is 0.294 e. The number of nitrogens with zero attached hydrogens (tertiary/aromatic N) is 1. The summed E-state index contributed by atoms with van der Waals surface area (Å²) >= 11 is 7.36. The van der Waals surface area contributed by atoms with Gasteiger partial charge in [-0.1, -0.05) is 11.6 Å². The van der Waals surface area contributed by atoms with Gasteiger partial charge in [-0.2, -0.15) is 0 Å². The lowest BCUT2D eigenvalue weighted by Crippen LogP contribution is -2.22. The molecule has 0 aliphatic heterocycles. The molecule has 0 saturated carbocycles. The summed E-state index contributed by atoms with van der Waals surface area (Å²) in [7, 11) is 0. The number of hydrogen-bond acceptors (Lipinski definition) is 5. The van der Waals surface area contributed by atoms with Crippen molar-refractivity contribution in [3.05, 3.63) is 54.7 Å². The molecule has 110 valence electrons. The summed E-state index contributed by atoms with van der Waals surface area (Å²) in [5.74, 6) is -0.437. The molecule has 3 N–H and O–H groups in total. The summed E-state index contributed by atoms with van der Waals surface area (Å²) < 4.78 is 0. The Kier molecular flexibility index (Phi) is 4.44. The van der Waals surface area contributed by atoms with Crippen LogP contribution in [0.15, 0.2) is 23.6 Å². The van der Waals surface area contributed by atoms with Gasteiger partial charge in [-0.3, -0.25) is 14.9 Å². The zero-order chi connectivity index (χ0) is 15.6. The van der Waals surface area contributed by atoms with Crippen LogP contribution in [0.25, 0.3) is 0 Å². The lowest BCUT2D eigenvalue weighted by atomic mass is 10.1. The highest BCUT2D eigenvalue weighted by Gasteiger charge is 2.19. The van der Waals surface area contributed by atoms with E-state index in [1.165, 1.54) is 17.4 Å². The van der Waals surface area contributed by atoms with Gasteiger partial charge in [0.25, 0.3) is 11.6 Å². The average Bonchev–Trinajstić information content (AvgIpc) is 2.84. The van der Waals surface area contributed by atoms with E-state index in [9.17, 15) is 14.9 Å². The van der Waals surface area contributed by atoms with Crippen LogP contribution in [0.1, 0.15) is 20.8 Å². The van der Waals surface area contributed by atoms with E-state index in [0.29, 0.717) is 6.54 Å². The molecule has 0 fully saturated rings. The first kappa shape index (κ1) is 15.3. The van der Waals surface area contributed by atoms with Crippen molar-refractivity contribution in [3.8, 4) is 0 Å². The monoisotopic (exact) mass is 325 g/mol. The number of nitrogens with one attached hydrogen (secondary N) is 1. The summed E-state index contributed by atoms with van der Waals surface area (Å²) in [6, 6.07) is 4.40. The standard InChI is InChI=1S/C13H12ClN3O3S/c1-7-2-3-21-11(7)6-16-13(18)8-4-9(14)12(15)10(5-8)17(19)20/h2-5H,6,15H2,1H3,(H,16,18). The number of carbonyl (C=O) groups excluding carboxylic acids is 1. The predicted octanol–water partition coefficient (Wildman–Crippen LogP) is 3.13. The van der Waals surface area contributed by atoms with Crippen molar-refractivity contribution in [3.63, 3.8) is 0 Å². The normalized spacial score (nSPS) is 10.4. The molecule has 0 aliphatic carbocycles. The van der Waals surface area contributed by atoms with Gasteiger partial charge in [-0.05, 0) is 30.0 Å². The quantitative estimate of drug-likeness (QED) is 0.512. The average molecular weight is 326 g/mol. The smallest absolute Gasteiger partial charge is 0.294 e. The summed E-state index contributed by atoms with van der Waals surface area (Å²) in [6.45, 7) is 2.31. The number of carbonyl (C=O) groups is 1. The Morgan fingerprint density at radius 3 is 2.81 bits per heavy atom. The molecule has 0 unspecified atom stereocenters. The largest absolute Gasteiger partial charge is 0.392 e. The van der Waals surface area contributed by atoms with Crippen LogP contribution in [0, 0.1) is 17.0 Å². The number of aryl methyl sites for hydroxylation is 1. The first-order valence-electron chi connectivity index (χ1n) is 5.94. The number of halogens is 1. The van der Waals surface area contributed by atoms with E-state index in [1.807, 2.05) is 18.4 Å². The summed E-state index contributed by atoms with van der Waals surface area (Å²) in [5.41, 5.74) is 6.19. The van der Waals surface area contributed by atoms with Crippen LogP contribution in [-0.4, -0.2) is 10.8 Å². The lowest BCUT2D eigenvalue weighted by Gasteiger charge is -2.07. The van der Waals surface area contributed by atoms with E-state index >= 15 is 0 Å². The maximum atomic E-state index is 12.1. The van der Waals surface area contributed by atoms with E-state index in [4.69, 9.17) is 17.3 Å². The minimum Gasteiger partial charge on any atom is -0.392 e. The molecule has 0 aliphatic rings. The van der Waals surface area contributed by atoms with Gasteiger partial charge in [0.05, 0.1) is 16.5 Å². The van der Waals surface area contributed by atoms with Crippen molar-refractivity contribution in [1.82, 2.24) is 5.32 Å². The van der Waals surface area contributed by atoms with E-state index in [0.717, 1.165) is 16.5 Å². The number of nitro benzene ring substituents is 1. The molecule has 0 saturated heterocycles. The molecule has 0 bridgehead atoms. The highest BCUT2D eigenvalue weighted by molar-refractivity contribution is 7.10. The van der Waals surface area contributed by atoms with Crippen LogP contribution in [0.4, 0.5) is 11.4 Å². The zero-order valence-electron chi connectivity index (χ0n) is 11.1. The van der Waals surface area contributed by atoms with E-state index < -0.39 is 10.8 Å². The lowest BCUT2D eigenvalue weighted by molar-refractivity contribution is -0.383. The molecular formula is C13H12ClN3O3S. The number of nitrogens with two attached hydrogens (primary N) is 1. The van der Waals surface area contributed by atoms with E-state index in [-0.39, 0.29) is 22.0 Å². The Balaban J connectivity index is 2.20. The molecule has 0 radical (unpaired) electrons. The van der Waals surface area contributed by atoms with Gasteiger partial charge < -0.3 is 11.1 Å². The molecule has 0 atom stereocenters. The molecule has 1 heterocycles. The molecule has 8 heteroatoms. The summed E-state index contributed by atoms with van der Waals surface area (Å²) in [6.07, 6.45) is 0. The van der Waals surface area contributed by atoms with Gasteiger partial charge in [0.2, 0.25) is 0 Å². The Labute approximate surface area is 129 Å². The molecule has 2 aromatic rings. The number of rotatable bonds is 4. The highest BCUT2D eigenvalue weighted by Crippen LogP contribution is 2.30. The molecule has 2 rings (SSSR count). The minimum atomic E-state index is -0.665. The predicted molar refractivity (Wildman–Crippen MR) is 82.7 cm³/mol. The number of thiophene rings is 1. The van der Waals surface area contributed by atoms with Gasteiger partial charge >= 0.3 is 0 Å². The van der Waals surface area contributed by atoms with Crippen LogP contribution >= 0.6 is 22.9 Å². The van der Waals surface area contributed by atoms with Crippen LogP contribution in [0.3, 0.4) is 0 Å². The van der Waals surface area contributed by atoms with Crippen molar-refractivity contribution in [1.29, 1.82) is 0 Å². The minimum absolute atomic E-state index is 0.0124. The fourth-order valence-electron chi connectivity index (χ4n) is 1.73. The molecule has 21 heavy (non-hydrogen) atoms. The molecule has 1 amide bonds. The second-order valence-electron chi connectivity index (χ2n) is 4.36. The third-order valence-corrected chi connectivity index (χ3v) is 4.28. The second kappa shape index (κ2) is 6.11. The van der Waals surface area contributed by atoms with E-state index in [2.05, 4.69) is 5.32 Å². The molecule has 1 aromatic heterocycles. The van der Waals surface area contributed by atoms with E-state index in [1.54, 1.807) is 0 Å². The van der Waals surface area contributed by atoms with Gasteiger partial charge in [0.15, 0.2) is 0 Å². The number of nitro groups is 1. The SMILES string of the molecule is Cc1ccsc1CNC(=O)c1cc(Cl)c(N)c([N+](=O)[O-])c1. The molecule has 0 spiro atoms. The Morgan fingerprint density at radius 1 is 1.52 bits per heavy atom. The third kappa shape index (κ3) is 3.32. The van der Waals surface area contributed by atoms with Gasteiger partial charge in [0, 0.05) is 16.5 Å². The first-order valence-corrected chi connectivity index (χ1v) is 7.20. The Hall–Kier alpha value is -2.12. The van der Waals surface area contributed by atoms with Gasteiger partial charge in [-0.15, -0.1) is 11.3 Å². The van der Waals surface area contributed by atoms with Crippen LogP contribution < -0.4 is 11.1 Å². The van der Waals surface area contributed by atoms with Crippen molar-refractivity contribution in [2.45, 2.75) is 13.5 Å². The number of hydrogen-bond donors (Lipinski definition) is 2. The number of nitrogen functional groups attached to an aromatic ring is 1. The summed E-state index contributed by atoms with van der Waals surface area (Å²) in [4.78, 5) is 23.3. The second-order valence-corrected chi connectivity index (χ2v) is 5.77.